The molecule has 0 bridgehead atoms. The first-order valence-corrected chi connectivity index (χ1v) is 10.8. The SMILES string of the molecule is C[C@H](CC(=O)O)NC(=O)c1cc(NC(=O)OCC2c3ccccc3-c3ccccc32)ccc1F. The van der Waals surface area contributed by atoms with E-state index >= 15 is 0 Å². The molecule has 4 rings (SSSR count). The molecule has 3 N–H and O–H groups in total. The fraction of sp³-hybridized carbons (Fsp3) is 0.192. The number of fused-ring (bicyclic) bond motifs is 3. The van der Waals surface area contributed by atoms with E-state index in [9.17, 15) is 18.8 Å². The number of anilines is 1. The van der Waals surface area contributed by atoms with E-state index in [4.69, 9.17) is 9.84 Å². The Labute approximate surface area is 195 Å². The molecular formula is C26H23FN2O5. The Balaban J connectivity index is 1.42. The normalized spacial score (nSPS) is 12.9. The molecule has 0 saturated heterocycles. The highest BCUT2D eigenvalue weighted by atomic mass is 19.1. The molecule has 0 aromatic heterocycles. The number of carbonyl (C=O) groups is 3. The van der Waals surface area contributed by atoms with E-state index in [2.05, 4.69) is 10.6 Å². The fourth-order valence-electron chi connectivity index (χ4n) is 4.14. The summed E-state index contributed by atoms with van der Waals surface area (Å²) in [6.45, 7) is 1.61. The molecule has 3 aromatic carbocycles. The standard InChI is InChI=1S/C26H23FN2O5/c1-15(12-24(30)31)28-25(32)21-13-16(10-11-23(21)27)29-26(33)34-14-22-19-8-4-2-6-17(19)18-7-3-5-9-20(18)22/h2-11,13,15,22H,12,14H2,1H3,(H,28,32)(H,29,33)(H,30,31)/t15-/m1/s1. The molecule has 0 aliphatic heterocycles. The van der Waals surface area contributed by atoms with Crippen LogP contribution in [0.25, 0.3) is 11.1 Å². The number of carboxylic acids is 1. The second kappa shape index (κ2) is 9.74. The molecule has 0 spiro atoms. The Morgan fingerprint density at radius 1 is 1.00 bits per heavy atom. The average molecular weight is 462 g/mol. The summed E-state index contributed by atoms with van der Waals surface area (Å²) >= 11 is 0. The van der Waals surface area contributed by atoms with Gasteiger partial charge >= 0.3 is 12.1 Å². The van der Waals surface area contributed by atoms with E-state index in [0.717, 1.165) is 28.3 Å². The number of hydrogen-bond donors (Lipinski definition) is 3. The Hall–Kier alpha value is -4.20. The van der Waals surface area contributed by atoms with Crippen LogP contribution in [0.5, 0.6) is 0 Å². The highest BCUT2D eigenvalue weighted by molar-refractivity contribution is 5.97. The van der Waals surface area contributed by atoms with E-state index in [-0.39, 0.29) is 30.2 Å². The summed E-state index contributed by atoms with van der Waals surface area (Å²) < 4.78 is 19.7. The summed E-state index contributed by atoms with van der Waals surface area (Å²) in [5.74, 6) is -2.76. The Bertz CT molecular complexity index is 1210. The van der Waals surface area contributed by atoms with Crippen LogP contribution in [-0.4, -0.2) is 35.7 Å². The topological polar surface area (TPSA) is 105 Å². The van der Waals surface area contributed by atoms with E-state index in [1.807, 2.05) is 48.5 Å². The monoisotopic (exact) mass is 462 g/mol. The van der Waals surface area contributed by atoms with Gasteiger partial charge in [-0.25, -0.2) is 9.18 Å². The van der Waals surface area contributed by atoms with E-state index in [1.54, 1.807) is 0 Å². The maximum atomic E-state index is 14.2. The number of aliphatic carboxylic acids is 1. The third kappa shape index (κ3) is 4.91. The van der Waals surface area contributed by atoms with Crippen molar-refractivity contribution in [3.05, 3.63) is 89.2 Å². The third-order valence-corrected chi connectivity index (χ3v) is 5.66. The molecule has 3 aromatic rings. The van der Waals surface area contributed by atoms with Crippen LogP contribution in [0.4, 0.5) is 14.9 Å². The minimum atomic E-state index is -1.08. The molecule has 174 valence electrons. The highest BCUT2D eigenvalue weighted by Crippen LogP contribution is 2.44. The molecule has 0 radical (unpaired) electrons. The summed E-state index contributed by atoms with van der Waals surface area (Å²) in [4.78, 5) is 35.6. The summed E-state index contributed by atoms with van der Waals surface area (Å²) in [5.41, 5.74) is 4.24. The highest BCUT2D eigenvalue weighted by Gasteiger charge is 2.29. The number of nitrogens with one attached hydrogen (secondary N) is 2. The van der Waals surface area contributed by atoms with Gasteiger partial charge in [0.15, 0.2) is 0 Å². The third-order valence-electron chi connectivity index (χ3n) is 5.66. The number of rotatable bonds is 7. The summed E-state index contributed by atoms with van der Waals surface area (Å²) in [6.07, 6.45) is -1.04. The van der Waals surface area contributed by atoms with Crippen LogP contribution in [0.3, 0.4) is 0 Å². The number of carboxylic acid groups (broad SMARTS) is 1. The van der Waals surface area contributed by atoms with Gasteiger partial charge in [-0.2, -0.15) is 0 Å². The van der Waals surface area contributed by atoms with Crippen molar-refractivity contribution in [3.63, 3.8) is 0 Å². The number of amides is 2. The van der Waals surface area contributed by atoms with Crippen molar-refractivity contribution < 1.29 is 28.6 Å². The Kier molecular flexibility index (Phi) is 6.58. The van der Waals surface area contributed by atoms with Crippen LogP contribution in [0.2, 0.25) is 0 Å². The van der Waals surface area contributed by atoms with Gasteiger partial charge in [-0.1, -0.05) is 48.5 Å². The number of hydrogen-bond acceptors (Lipinski definition) is 4. The van der Waals surface area contributed by atoms with Gasteiger partial charge in [-0.3, -0.25) is 14.9 Å². The maximum Gasteiger partial charge on any atom is 0.411 e. The van der Waals surface area contributed by atoms with Crippen LogP contribution < -0.4 is 10.6 Å². The largest absolute Gasteiger partial charge is 0.481 e. The summed E-state index contributed by atoms with van der Waals surface area (Å²) in [6, 6.07) is 18.8. The van der Waals surface area contributed by atoms with Gasteiger partial charge in [-0.05, 0) is 47.4 Å². The lowest BCUT2D eigenvalue weighted by molar-refractivity contribution is -0.137. The van der Waals surface area contributed by atoms with Crippen molar-refractivity contribution in [1.29, 1.82) is 0 Å². The first-order chi connectivity index (χ1) is 16.3. The van der Waals surface area contributed by atoms with Gasteiger partial charge in [0.05, 0.1) is 12.0 Å². The zero-order valence-electron chi connectivity index (χ0n) is 18.4. The molecular weight excluding hydrogens is 439 g/mol. The van der Waals surface area contributed by atoms with Crippen molar-refractivity contribution in [2.24, 2.45) is 0 Å². The van der Waals surface area contributed by atoms with Crippen molar-refractivity contribution in [2.45, 2.75) is 25.3 Å². The molecule has 2 amide bonds. The van der Waals surface area contributed by atoms with Gasteiger partial charge < -0.3 is 15.2 Å². The predicted octanol–water partition coefficient (Wildman–Crippen LogP) is 4.78. The van der Waals surface area contributed by atoms with E-state index in [1.165, 1.54) is 19.1 Å². The number of benzene rings is 3. The lowest BCUT2D eigenvalue weighted by Crippen LogP contribution is -2.34. The summed E-state index contributed by atoms with van der Waals surface area (Å²) in [5, 5.41) is 13.8. The molecule has 7 nitrogen and oxygen atoms in total. The first-order valence-electron chi connectivity index (χ1n) is 10.8. The van der Waals surface area contributed by atoms with Gasteiger partial charge in [0.25, 0.3) is 5.91 Å². The molecule has 1 atom stereocenters. The second-order valence-corrected chi connectivity index (χ2v) is 8.12. The van der Waals surface area contributed by atoms with Gasteiger partial charge in [0.1, 0.15) is 12.4 Å². The quantitative estimate of drug-likeness (QED) is 0.469. The smallest absolute Gasteiger partial charge is 0.411 e. The van der Waals surface area contributed by atoms with Crippen LogP contribution >= 0.6 is 0 Å². The predicted molar refractivity (Wildman–Crippen MR) is 124 cm³/mol. The number of ether oxygens (including phenoxy) is 1. The van der Waals surface area contributed by atoms with Gasteiger partial charge in [0.2, 0.25) is 0 Å². The minimum absolute atomic E-state index is 0.108. The molecule has 0 heterocycles. The molecule has 1 aliphatic carbocycles. The van der Waals surface area contributed by atoms with Crippen LogP contribution in [0.1, 0.15) is 40.7 Å². The van der Waals surface area contributed by atoms with Crippen LogP contribution in [0, 0.1) is 5.82 Å². The van der Waals surface area contributed by atoms with E-state index in [0.29, 0.717) is 0 Å². The van der Waals surface area contributed by atoms with Crippen LogP contribution in [0.15, 0.2) is 66.7 Å². The average Bonchev–Trinajstić information content (AvgIpc) is 3.12. The number of halogens is 1. The zero-order chi connectivity index (χ0) is 24.2. The van der Waals surface area contributed by atoms with Crippen molar-refractivity contribution in [2.75, 3.05) is 11.9 Å². The van der Waals surface area contributed by atoms with Crippen molar-refractivity contribution >= 4 is 23.7 Å². The summed E-state index contributed by atoms with van der Waals surface area (Å²) in [7, 11) is 0. The molecule has 0 fully saturated rings. The maximum absolute atomic E-state index is 14.2. The second-order valence-electron chi connectivity index (χ2n) is 8.12. The lowest BCUT2D eigenvalue weighted by Gasteiger charge is -2.15. The van der Waals surface area contributed by atoms with Gasteiger partial charge in [0, 0.05) is 17.6 Å². The Morgan fingerprint density at radius 2 is 1.62 bits per heavy atom. The fourth-order valence-corrected chi connectivity index (χ4v) is 4.14. The zero-order valence-corrected chi connectivity index (χ0v) is 18.4. The molecule has 0 saturated carbocycles. The van der Waals surface area contributed by atoms with Crippen LogP contribution in [-0.2, 0) is 9.53 Å². The molecule has 1 aliphatic rings. The van der Waals surface area contributed by atoms with Crippen molar-refractivity contribution in [1.82, 2.24) is 5.32 Å². The lowest BCUT2D eigenvalue weighted by atomic mass is 9.98. The molecule has 0 unspecified atom stereocenters. The molecule has 34 heavy (non-hydrogen) atoms. The van der Waals surface area contributed by atoms with E-state index < -0.39 is 29.8 Å². The van der Waals surface area contributed by atoms with Gasteiger partial charge in [-0.15, -0.1) is 0 Å². The Morgan fingerprint density at radius 3 is 2.24 bits per heavy atom. The minimum Gasteiger partial charge on any atom is -0.481 e. The first kappa shape index (κ1) is 23.0. The number of carbonyl (C=O) groups excluding carboxylic acids is 2. The molecule has 8 heteroatoms. The van der Waals surface area contributed by atoms with Crippen molar-refractivity contribution in [3.8, 4) is 11.1 Å².